The molecule has 0 saturated heterocycles. The van der Waals surface area contributed by atoms with E-state index in [-0.39, 0.29) is 0 Å². The average molecular weight is 336 g/mol. The molecule has 134 valence electrons. The van der Waals surface area contributed by atoms with Crippen molar-refractivity contribution in [1.82, 2.24) is 0 Å². The highest BCUT2D eigenvalue weighted by Crippen LogP contribution is 2.10. The van der Waals surface area contributed by atoms with Crippen LogP contribution in [0.25, 0.3) is 0 Å². The average Bonchev–Trinajstić information content (AvgIpc) is 2.47. The molecule has 0 aromatic carbocycles. The van der Waals surface area contributed by atoms with E-state index in [0.717, 1.165) is 0 Å². The Morgan fingerprint density at radius 2 is 1.27 bits per heavy atom. The van der Waals surface area contributed by atoms with Crippen LogP contribution in [0.4, 0.5) is 0 Å². The standard InChI is InChI=1S/C13H30N.C4H8O3S/c1-5-8-11-14(4,12-9-6-2)13-10-7-3;1-2-3-4-8(5,6)7/h5-13H2,1-4H3;2-3H,4H2,1H3,(H,5,6,7)/q+1;/p-1. The van der Waals surface area contributed by atoms with E-state index in [4.69, 9.17) is 0 Å². The molecular formula is C17H37NO3S. The molecule has 0 aromatic rings. The Kier molecular flexibility index (Phi) is 15.4. The second-order valence-electron chi connectivity index (χ2n) is 6.14. The highest BCUT2D eigenvalue weighted by atomic mass is 32.2. The minimum absolute atomic E-state index is 0.399. The van der Waals surface area contributed by atoms with E-state index in [9.17, 15) is 13.0 Å². The maximum Gasteiger partial charge on any atom is 0.0982 e. The number of nitrogens with zero attached hydrogens (tertiary/aromatic N) is 1. The molecule has 5 heteroatoms. The topological polar surface area (TPSA) is 57.2 Å². The van der Waals surface area contributed by atoms with Crippen LogP contribution in [0.1, 0.15) is 66.2 Å². The summed E-state index contributed by atoms with van der Waals surface area (Å²) in [5, 5.41) is 0. The van der Waals surface area contributed by atoms with Crippen LogP contribution in [-0.2, 0) is 10.1 Å². The van der Waals surface area contributed by atoms with Crippen molar-refractivity contribution in [2.45, 2.75) is 66.2 Å². The summed E-state index contributed by atoms with van der Waals surface area (Å²) in [6.07, 6.45) is 11.0. The molecule has 0 saturated carbocycles. The molecule has 0 amide bonds. The predicted octanol–water partition coefficient (Wildman–Crippen LogP) is 3.94. The Labute approximate surface area is 138 Å². The number of hydrogen-bond acceptors (Lipinski definition) is 3. The monoisotopic (exact) mass is 335 g/mol. The highest BCUT2D eigenvalue weighted by molar-refractivity contribution is 7.85. The summed E-state index contributed by atoms with van der Waals surface area (Å²) in [6, 6.07) is 0. The first-order valence-electron chi connectivity index (χ1n) is 8.62. The fourth-order valence-electron chi connectivity index (χ4n) is 2.17. The number of quaternary nitrogens is 1. The number of hydrogen-bond donors (Lipinski definition) is 0. The number of unbranched alkanes of at least 4 members (excludes halogenated alkanes) is 3. The van der Waals surface area contributed by atoms with E-state index in [0.29, 0.717) is 0 Å². The number of rotatable bonds is 11. The van der Waals surface area contributed by atoms with E-state index in [2.05, 4.69) is 27.8 Å². The van der Waals surface area contributed by atoms with Crippen LogP contribution in [-0.4, -0.2) is 49.9 Å². The Hall–Kier alpha value is -0.390. The first-order valence-corrected chi connectivity index (χ1v) is 10.2. The van der Waals surface area contributed by atoms with Gasteiger partial charge in [0.2, 0.25) is 0 Å². The lowest BCUT2D eigenvalue weighted by molar-refractivity contribution is -0.910. The molecule has 0 aliphatic carbocycles. The van der Waals surface area contributed by atoms with Gasteiger partial charge in [-0.15, -0.1) is 0 Å². The van der Waals surface area contributed by atoms with Gasteiger partial charge in [-0.25, -0.2) is 8.42 Å². The zero-order chi connectivity index (χ0) is 17.5. The minimum atomic E-state index is -4.02. The molecule has 0 N–H and O–H groups in total. The van der Waals surface area contributed by atoms with Crippen LogP contribution < -0.4 is 0 Å². The zero-order valence-corrected chi connectivity index (χ0v) is 16.1. The van der Waals surface area contributed by atoms with Crippen molar-refractivity contribution in [3.63, 3.8) is 0 Å². The predicted molar refractivity (Wildman–Crippen MR) is 94.9 cm³/mol. The molecule has 0 aliphatic heterocycles. The Balaban J connectivity index is 0. The Bertz CT molecular complexity index is 342. The van der Waals surface area contributed by atoms with Crippen molar-refractivity contribution >= 4 is 10.1 Å². The molecule has 0 aliphatic rings. The molecule has 0 spiro atoms. The van der Waals surface area contributed by atoms with Crippen LogP contribution >= 0.6 is 0 Å². The first kappa shape index (κ1) is 23.9. The van der Waals surface area contributed by atoms with Gasteiger partial charge in [-0.2, -0.15) is 0 Å². The summed E-state index contributed by atoms with van der Waals surface area (Å²) in [7, 11) is -1.58. The van der Waals surface area contributed by atoms with E-state index in [1.54, 1.807) is 6.92 Å². The fraction of sp³-hybridized carbons (Fsp3) is 0.882. The van der Waals surface area contributed by atoms with Crippen molar-refractivity contribution in [3.8, 4) is 0 Å². The third-order valence-electron chi connectivity index (χ3n) is 3.69. The summed E-state index contributed by atoms with van der Waals surface area (Å²) in [5.41, 5.74) is 0. The van der Waals surface area contributed by atoms with Crippen LogP contribution in [0.2, 0.25) is 0 Å². The SMILES string of the molecule is CC=CCS(=O)(=O)[O-].CCCC[N+](C)(CCCC)CCCC. The maximum atomic E-state index is 9.78. The molecule has 4 nitrogen and oxygen atoms in total. The van der Waals surface area contributed by atoms with E-state index < -0.39 is 15.9 Å². The van der Waals surface area contributed by atoms with Gasteiger partial charge < -0.3 is 9.04 Å². The normalized spacial score (nSPS) is 12.3. The van der Waals surface area contributed by atoms with Crippen LogP contribution in [0.3, 0.4) is 0 Å². The van der Waals surface area contributed by atoms with E-state index in [1.165, 1.54) is 74.8 Å². The summed E-state index contributed by atoms with van der Waals surface area (Å²) in [5.74, 6) is -0.399. The van der Waals surface area contributed by atoms with E-state index in [1.807, 2.05) is 0 Å². The number of allylic oxidation sites excluding steroid dienone is 1. The quantitative estimate of drug-likeness (QED) is 0.326. The van der Waals surface area contributed by atoms with Crippen molar-refractivity contribution in [2.24, 2.45) is 0 Å². The summed E-state index contributed by atoms with van der Waals surface area (Å²) in [4.78, 5) is 0. The van der Waals surface area contributed by atoms with Crippen LogP contribution in [0.15, 0.2) is 12.2 Å². The summed E-state index contributed by atoms with van der Waals surface area (Å²) in [6.45, 7) is 12.7. The van der Waals surface area contributed by atoms with Gasteiger partial charge in [0.05, 0.1) is 42.6 Å². The minimum Gasteiger partial charge on any atom is -0.748 e. The second kappa shape index (κ2) is 14.2. The molecule has 0 heterocycles. The fourth-order valence-corrected chi connectivity index (χ4v) is 2.60. The van der Waals surface area contributed by atoms with Gasteiger partial charge in [0.25, 0.3) is 0 Å². The second-order valence-corrected chi connectivity index (χ2v) is 7.59. The van der Waals surface area contributed by atoms with Crippen LogP contribution in [0.5, 0.6) is 0 Å². The third-order valence-corrected chi connectivity index (χ3v) is 4.29. The van der Waals surface area contributed by atoms with Gasteiger partial charge in [-0.05, 0) is 26.2 Å². The molecule has 0 atom stereocenters. The molecule has 0 radical (unpaired) electrons. The zero-order valence-electron chi connectivity index (χ0n) is 15.3. The molecule has 0 aromatic heterocycles. The van der Waals surface area contributed by atoms with Gasteiger partial charge in [0.15, 0.2) is 0 Å². The summed E-state index contributed by atoms with van der Waals surface area (Å²) >= 11 is 0. The first-order chi connectivity index (χ1) is 10.2. The van der Waals surface area contributed by atoms with Gasteiger partial charge >= 0.3 is 0 Å². The molecule has 0 fully saturated rings. The largest absolute Gasteiger partial charge is 0.748 e. The third kappa shape index (κ3) is 17.7. The maximum absolute atomic E-state index is 9.78. The molecule has 22 heavy (non-hydrogen) atoms. The highest BCUT2D eigenvalue weighted by Gasteiger charge is 2.18. The molecule has 0 bridgehead atoms. The molecule has 0 unspecified atom stereocenters. The van der Waals surface area contributed by atoms with Crippen LogP contribution in [0, 0.1) is 0 Å². The van der Waals surface area contributed by atoms with Gasteiger partial charge in [-0.3, -0.25) is 0 Å². The van der Waals surface area contributed by atoms with E-state index >= 15 is 0 Å². The Morgan fingerprint density at radius 1 is 0.909 bits per heavy atom. The molecular weight excluding hydrogens is 298 g/mol. The molecule has 0 rings (SSSR count). The lowest BCUT2D eigenvalue weighted by atomic mass is 10.2. The van der Waals surface area contributed by atoms with Crippen molar-refractivity contribution in [1.29, 1.82) is 0 Å². The summed E-state index contributed by atoms with van der Waals surface area (Å²) < 4.78 is 30.7. The van der Waals surface area contributed by atoms with Crippen molar-refractivity contribution in [3.05, 3.63) is 12.2 Å². The lowest BCUT2D eigenvalue weighted by Gasteiger charge is -2.34. The Morgan fingerprint density at radius 3 is 1.45 bits per heavy atom. The van der Waals surface area contributed by atoms with Gasteiger partial charge in [-0.1, -0.05) is 52.2 Å². The smallest absolute Gasteiger partial charge is 0.0982 e. The van der Waals surface area contributed by atoms with Crippen molar-refractivity contribution < 1.29 is 17.5 Å². The lowest BCUT2D eigenvalue weighted by Crippen LogP contribution is -2.46. The van der Waals surface area contributed by atoms with Crippen molar-refractivity contribution in [2.75, 3.05) is 32.4 Å². The van der Waals surface area contributed by atoms with Gasteiger partial charge in [0.1, 0.15) is 0 Å². The van der Waals surface area contributed by atoms with Gasteiger partial charge in [0, 0.05) is 0 Å².